The van der Waals surface area contributed by atoms with Gasteiger partial charge in [0.15, 0.2) is 6.29 Å². The Morgan fingerprint density at radius 1 is 0.875 bits per heavy atom. The Balaban J connectivity index is 0.000000218. The maximum atomic E-state index is 10.2. The summed E-state index contributed by atoms with van der Waals surface area (Å²) in [4.78, 5) is 14.3. The molecule has 1 N–H and O–H groups in total. The molecule has 4 rings (SSSR count). The molecular weight excluding hydrogens is 600 g/mol. The Kier molecular flexibility index (Phi) is 17.5. The number of aldehydes is 1. The first-order valence-electron chi connectivity index (χ1n) is 9.71. The van der Waals surface area contributed by atoms with Gasteiger partial charge < -0.3 is 19.3 Å². The molecule has 3 aromatic rings. The van der Waals surface area contributed by atoms with Crippen LogP contribution in [-0.4, -0.2) is 38.8 Å². The number of thiophene rings is 3. The third kappa shape index (κ3) is 14.0. The van der Waals surface area contributed by atoms with Gasteiger partial charge in [0.1, 0.15) is 0 Å². The summed E-state index contributed by atoms with van der Waals surface area (Å²) in [7, 11) is 3.34. The molecule has 1 fully saturated rings. The first-order valence-corrected chi connectivity index (χ1v) is 13.7. The molecule has 0 saturated carbocycles. The Morgan fingerprint density at radius 2 is 1.38 bits per heavy atom. The number of ether oxygens (including phenoxy) is 3. The number of aliphatic hydroxyl groups excluding tert-OH is 1. The van der Waals surface area contributed by atoms with Gasteiger partial charge in [0.25, 0.3) is 0 Å². The zero-order chi connectivity index (χ0) is 23.6. The van der Waals surface area contributed by atoms with E-state index in [0.29, 0.717) is 6.61 Å². The first kappa shape index (κ1) is 29.6. The van der Waals surface area contributed by atoms with Crippen LogP contribution in [0.15, 0.2) is 44.0 Å². The molecule has 32 heavy (non-hydrogen) atoms. The van der Waals surface area contributed by atoms with E-state index in [1.807, 2.05) is 24.3 Å². The number of halogens is 2. The molecule has 178 valence electrons. The van der Waals surface area contributed by atoms with Crippen molar-refractivity contribution in [2.45, 2.75) is 32.7 Å². The van der Waals surface area contributed by atoms with Crippen LogP contribution in [0.25, 0.3) is 0 Å². The molecule has 0 amide bonds. The zero-order valence-electron chi connectivity index (χ0n) is 18.1. The topological polar surface area (TPSA) is 65.0 Å². The highest BCUT2D eigenvalue weighted by atomic mass is 79.9. The van der Waals surface area contributed by atoms with Gasteiger partial charge in [-0.1, -0.05) is 0 Å². The van der Waals surface area contributed by atoms with Gasteiger partial charge in [-0.25, -0.2) is 0 Å². The summed E-state index contributed by atoms with van der Waals surface area (Å²) in [5.41, 5.74) is 0. The number of carbonyl (C=O) groups is 1. The molecule has 1 aliphatic heterocycles. The van der Waals surface area contributed by atoms with Gasteiger partial charge in [-0.2, -0.15) is 0 Å². The van der Waals surface area contributed by atoms with Gasteiger partial charge in [0.05, 0.1) is 32.3 Å². The van der Waals surface area contributed by atoms with Gasteiger partial charge in [-0.15, -0.1) is 34.0 Å². The normalized spacial score (nSPS) is 12.0. The van der Waals surface area contributed by atoms with Crippen LogP contribution in [-0.2, 0) is 34.0 Å². The van der Waals surface area contributed by atoms with Gasteiger partial charge in [0, 0.05) is 42.1 Å². The third-order valence-corrected chi connectivity index (χ3v) is 7.80. The van der Waals surface area contributed by atoms with Gasteiger partial charge >= 0.3 is 0 Å². The number of rotatable bonds is 6. The minimum atomic E-state index is 0.149. The van der Waals surface area contributed by atoms with Crippen LogP contribution < -0.4 is 0 Å². The average Bonchev–Trinajstić information content (AvgIpc) is 3.59. The predicted octanol–water partition coefficient (Wildman–Crippen LogP) is 7.16. The standard InChI is InChI=1S/C7H8O2S.C6H7BrOS.C5H5BrOS.C4H8O/c1-9-5-7-3-2-6(4-8)10-7;1-8-4-5-2-3-6(7)9-5;6-5-2-1-4(3-7)8-5;1-2-4-5-3-1/h2-4H,5H2,1H3;2-3H,4H2,1H3;1-2,7H,3H2;1-4H2. The van der Waals surface area contributed by atoms with Crippen LogP contribution in [0.4, 0.5) is 0 Å². The first-order chi connectivity index (χ1) is 15.5. The second-order valence-corrected chi connectivity index (χ2v) is 12.5. The number of methoxy groups -OCH3 is 2. The molecule has 5 nitrogen and oxygen atoms in total. The van der Waals surface area contributed by atoms with Gasteiger partial charge in [-0.05, 0) is 81.1 Å². The smallest absolute Gasteiger partial charge is 0.160 e. The van der Waals surface area contributed by atoms with Crippen molar-refractivity contribution in [3.8, 4) is 0 Å². The van der Waals surface area contributed by atoms with Crippen LogP contribution in [0.1, 0.15) is 37.1 Å². The lowest BCUT2D eigenvalue weighted by molar-refractivity contribution is 0.112. The fourth-order valence-electron chi connectivity index (χ4n) is 2.20. The van der Waals surface area contributed by atoms with Crippen molar-refractivity contribution in [1.82, 2.24) is 0 Å². The number of hydrogen-bond acceptors (Lipinski definition) is 8. The van der Waals surface area contributed by atoms with E-state index in [2.05, 4.69) is 37.9 Å². The van der Waals surface area contributed by atoms with Crippen LogP contribution in [0.3, 0.4) is 0 Å². The van der Waals surface area contributed by atoms with Crippen molar-refractivity contribution in [2.75, 3.05) is 27.4 Å². The van der Waals surface area contributed by atoms with E-state index in [0.717, 1.165) is 48.3 Å². The Bertz CT molecular complexity index is 852. The zero-order valence-corrected chi connectivity index (χ0v) is 23.7. The molecule has 1 saturated heterocycles. The van der Waals surface area contributed by atoms with E-state index in [4.69, 9.17) is 19.3 Å². The molecule has 0 atom stereocenters. The van der Waals surface area contributed by atoms with Gasteiger partial charge in [-0.3, -0.25) is 4.79 Å². The molecule has 0 radical (unpaired) electrons. The Hall–Kier alpha value is -0.430. The second kappa shape index (κ2) is 18.9. The highest BCUT2D eigenvalue weighted by Crippen LogP contribution is 2.22. The highest BCUT2D eigenvalue weighted by Gasteiger charge is 1.97. The number of hydrogen-bond donors (Lipinski definition) is 1. The van der Waals surface area contributed by atoms with E-state index < -0.39 is 0 Å². The molecule has 3 aromatic heterocycles. The molecule has 1 aliphatic rings. The van der Waals surface area contributed by atoms with Crippen molar-refractivity contribution in [2.24, 2.45) is 0 Å². The molecule has 0 aliphatic carbocycles. The largest absolute Gasteiger partial charge is 0.391 e. The monoisotopic (exact) mass is 626 g/mol. The lowest BCUT2D eigenvalue weighted by Crippen LogP contribution is -1.79. The van der Waals surface area contributed by atoms with Crippen molar-refractivity contribution in [1.29, 1.82) is 0 Å². The molecule has 4 heterocycles. The molecular formula is C22H28Br2O5S3. The van der Waals surface area contributed by atoms with Crippen molar-refractivity contribution >= 4 is 72.2 Å². The van der Waals surface area contributed by atoms with Crippen LogP contribution in [0, 0.1) is 0 Å². The second-order valence-electron chi connectivity index (χ2n) is 6.18. The van der Waals surface area contributed by atoms with Crippen LogP contribution in [0.5, 0.6) is 0 Å². The number of aliphatic hydroxyl groups is 1. The summed E-state index contributed by atoms with van der Waals surface area (Å²) in [6, 6.07) is 11.6. The quantitative estimate of drug-likeness (QED) is 0.294. The van der Waals surface area contributed by atoms with Crippen molar-refractivity contribution in [3.05, 3.63) is 63.5 Å². The maximum absolute atomic E-state index is 10.2. The van der Waals surface area contributed by atoms with E-state index >= 15 is 0 Å². The molecule has 0 aromatic carbocycles. The predicted molar refractivity (Wildman–Crippen MR) is 141 cm³/mol. The van der Waals surface area contributed by atoms with E-state index in [1.165, 1.54) is 29.1 Å². The Morgan fingerprint density at radius 3 is 1.69 bits per heavy atom. The molecule has 10 heteroatoms. The fourth-order valence-corrected chi connectivity index (χ4v) is 5.79. The van der Waals surface area contributed by atoms with Gasteiger partial charge in [0.2, 0.25) is 0 Å². The Labute approximate surface area is 218 Å². The average molecular weight is 628 g/mol. The minimum absolute atomic E-state index is 0.149. The lowest BCUT2D eigenvalue weighted by Gasteiger charge is -1.89. The summed E-state index contributed by atoms with van der Waals surface area (Å²) in [6.07, 6.45) is 3.41. The highest BCUT2D eigenvalue weighted by molar-refractivity contribution is 9.11. The fraction of sp³-hybridized carbons (Fsp3) is 0.409. The summed E-state index contributed by atoms with van der Waals surface area (Å²) >= 11 is 11.4. The SMILES string of the molecule is C1CCOC1.COCc1ccc(Br)s1.COCc1ccc(C=O)s1.OCc1ccc(Br)s1. The maximum Gasteiger partial charge on any atom is 0.160 e. The summed E-state index contributed by atoms with van der Waals surface area (Å²) in [6.45, 7) is 3.46. The summed E-state index contributed by atoms with van der Waals surface area (Å²) < 4.78 is 17.0. The van der Waals surface area contributed by atoms with Crippen LogP contribution in [0.2, 0.25) is 0 Å². The summed E-state index contributed by atoms with van der Waals surface area (Å²) in [5, 5.41) is 8.54. The van der Waals surface area contributed by atoms with E-state index in [1.54, 1.807) is 43.0 Å². The van der Waals surface area contributed by atoms with Crippen molar-refractivity contribution in [3.63, 3.8) is 0 Å². The summed E-state index contributed by atoms with van der Waals surface area (Å²) in [5.74, 6) is 0. The molecule has 0 bridgehead atoms. The molecule has 0 spiro atoms. The lowest BCUT2D eigenvalue weighted by atomic mass is 10.4. The minimum Gasteiger partial charge on any atom is -0.391 e. The van der Waals surface area contributed by atoms with E-state index in [9.17, 15) is 4.79 Å². The van der Waals surface area contributed by atoms with E-state index in [-0.39, 0.29) is 6.61 Å². The molecule has 0 unspecified atom stereocenters. The van der Waals surface area contributed by atoms with Crippen molar-refractivity contribution < 1.29 is 24.1 Å². The number of carbonyl (C=O) groups excluding carboxylic acids is 1. The third-order valence-electron chi connectivity index (χ3n) is 3.61. The van der Waals surface area contributed by atoms with Crippen LogP contribution >= 0.6 is 65.9 Å².